The Balaban J connectivity index is 1.60. The summed E-state index contributed by atoms with van der Waals surface area (Å²) in [6, 6.07) is 15.6. The minimum Gasteiger partial charge on any atom is -0.497 e. The van der Waals surface area contributed by atoms with E-state index in [9.17, 15) is 4.79 Å². The van der Waals surface area contributed by atoms with Crippen LogP contribution in [0, 0.1) is 0 Å². The summed E-state index contributed by atoms with van der Waals surface area (Å²) in [5.41, 5.74) is 1.75. The van der Waals surface area contributed by atoms with Crippen molar-refractivity contribution in [3.8, 4) is 11.5 Å². The number of nitrogens with one attached hydrogen (secondary N) is 1. The van der Waals surface area contributed by atoms with Crippen molar-refractivity contribution in [2.24, 2.45) is 0 Å². The molecule has 3 rings (SSSR count). The third kappa shape index (κ3) is 4.25. The predicted octanol–water partition coefficient (Wildman–Crippen LogP) is 3.21. The Labute approximate surface area is 136 Å². The molecule has 2 aromatic rings. The average molecular weight is 311 g/mol. The van der Waals surface area contributed by atoms with Crippen LogP contribution in [0.5, 0.6) is 11.5 Å². The van der Waals surface area contributed by atoms with Crippen molar-refractivity contribution < 1.29 is 14.3 Å². The Hall–Kier alpha value is -2.49. The van der Waals surface area contributed by atoms with Crippen LogP contribution in [0.3, 0.4) is 0 Å². The maximum Gasteiger partial charge on any atom is 0.251 e. The van der Waals surface area contributed by atoms with E-state index >= 15 is 0 Å². The van der Waals surface area contributed by atoms with Crippen LogP contribution in [-0.2, 0) is 6.42 Å². The fourth-order valence-corrected chi connectivity index (χ4v) is 2.42. The summed E-state index contributed by atoms with van der Waals surface area (Å²) in [5, 5.41) is 3.04. The van der Waals surface area contributed by atoms with Crippen molar-refractivity contribution in [2.75, 3.05) is 13.7 Å². The Morgan fingerprint density at radius 1 is 1.13 bits per heavy atom. The molecule has 1 aliphatic carbocycles. The summed E-state index contributed by atoms with van der Waals surface area (Å²) in [7, 11) is 1.63. The van der Waals surface area contributed by atoms with Gasteiger partial charge in [-0.25, -0.2) is 0 Å². The highest BCUT2D eigenvalue weighted by Gasteiger charge is 2.24. The van der Waals surface area contributed by atoms with Gasteiger partial charge in [0.05, 0.1) is 13.7 Å². The Bertz CT molecular complexity index is 680. The molecule has 0 aliphatic heterocycles. The number of hydrogen-bond acceptors (Lipinski definition) is 3. The lowest BCUT2D eigenvalue weighted by molar-refractivity contribution is 0.0950. The van der Waals surface area contributed by atoms with Gasteiger partial charge < -0.3 is 14.8 Å². The molecule has 4 heteroatoms. The molecule has 2 aromatic carbocycles. The molecule has 23 heavy (non-hydrogen) atoms. The quantitative estimate of drug-likeness (QED) is 0.854. The first-order valence-electron chi connectivity index (χ1n) is 7.92. The molecule has 4 nitrogen and oxygen atoms in total. The monoisotopic (exact) mass is 311 g/mol. The lowest BCUT2D eigenvalue weighted by Crippen LogP contribution is -2.26. The van der Waals surface area contributed by atoms with Gasteiger partial charge in [0, 0.05) is 24.1 Å². The predicted molar refractivity (Wildman–Crippen MR) is 89.1 cm³/mol. The summed E-state index contributed by atoms with van der Waals surface area (Å²) in [4.78, 5) is 12.3. The van der Waals surface area contributed by atoms with Gasteiger partial charge in [0.2, 0.25) is 0 Å². The van der Waals surface area contributed by atoms with Gasteiger partial charge in [-0.3, -0.25) is 4.79 Å². The van der Waals surface area contributed by atoms with Crippen LogP contribution < -0.4 is 14.8 Å². The maximum atomic E-state index is 12.3. The second kappa shape index (κ2) is 7.18. The number of hydrogen-bond donors (Lipinski definition) is 1. The van der Waals surface area contributed by atoms with Crippen molar-refractivity contribution in [1.82, 2.24) is 5.32 Å². The van der Waals surface area contributed by atoms with Crippen molar-refractivity contribution in [3.05, 3.63) is 59.7 Å². The largest absolute Gasteiger partial charge is 0.497 e. The molecule has 1 N–H and O–H groups in total. The smallest absolute Gasteiger partial charge is 0.251 e. The summed E-state index contributed by atoms with van der Waals surface area (Å²) in [5.74, 6) is 1.56. The average Bonchev–Trinajstić information content (AvgIpc) is 3.39. The summed E-state index contributed by atoms with van der Waals surface area (Å²) in [6.07, 6.45) is 2.87. The van der Waals surface area contributed by atoms with Crippen LogP contribution in [0.2, 0.25) is 0 Å². The third-order valence-corrected chi connectivity index (χ3v) is 3.86. The number of carbonyl (C=O) groups is 1. The van der Waals surface area contributed by atoms with Crippen LogP contribution in [0.4, 0.5) is 0 Å². The highest BCUT2D eigenvalue weighted by molar-refractivity contribution is 5.96. The topological polar surface area (TPSA) is 47.6 Å². The summed E-state index contributed by atoms with van der Waals surface area (Å²) in [6.45, 7) is 0.515. The van der Waals surface area contributed by atoms with Crippen molar-refractivity contribution in [1.29, 1.82) is 0 Å². The second-order valence-corrected chi connectivity index (χ2v) is 5.68. The van der Waals surface area contributed by atoms with E-state index in [0.717, 1.165) is 35.5 Å². The van der Waals surface area contributed by atoms with E-state index in [1.165, 1.54) is 0 Å². The van der Waals surface area contributed by atoms with Crippen LogP contribution in [-0.4, -0.2) is 25.7 Å². The standard InChI is InChI=1S/C19H21NO3/c1-22-16-6-4-7-17(13-16)23-12-11-14-5-2-3-8-18(14)19(21)20-15-9-10-15/h2-8,13,15H,9-12H2,1H3,(H,20,21). The Morgan fingerprint density at radius 2 is 1.91 bits per heavy atom. The molecule has 0 aromatic heterocycles. The Morgan fingerprint density at radius 3 is 2.70 bits per heavy atom. The molecule has 1 saturated carbocycles. The zero-order chi connectivity index (χ0) is 16.1. The molecule has 1 aliphatic rings. The van der Waals surface area contributed by atoms with Crippen molar-refractivity contribution >= 4 is 5.91 Å². The number of ether oxygens (including phenoxy) is 2. The lowest BCUT2D eigenvalue weighted by atomic mass is 10.0. The molecule has 0 radical (unpaired) electrons. The van der Waals surface area contributed by atoms with Crippen molar-refractivity contribution in [3.63, 3.8) is 0 Å². The van der Waals surface area contributed by atoms with E-state index in [4.69, 9.17) is 9.47 Å². The molecular weight excluding hydrogens is 290 g/mol. The van der Waals surface area contributed by atoms with Crippen molar-refractivity contribution in [2.45, 2.75) is 25.3 Å². The van der Waals surface area contributed by atoms with E-state index in [1.807, 2.05) is 48.5 Å². The normalized spacial score (nSPS) is 13.4. The van der Waals surface area contributed by atoms with Crippen LogP contribution in [0.25, 0.3) is 0 Å². The summed E-state index contributed by atoms with van der Waals surface area (Å²) >= 11 is 0. The van der Waals surface area contributed by atoms with E-state index in [2.05, 4.69) is 5.32 Å². The van der Waals surface area contributed by atoms with Gasteiger partial charge in [0.1, 0.15) is 11.5 Å². The SMILES string of the molecule is COc1cccc(OCCc2ccccc2C(=O)NC2CC2)c1. The lowest BCUT2D eigenvalue weighted by Gasteiger charge is -2.11. The second-order valence-electron chi connectivity index (χ2n) is 5.68. The molecule has 0 atom stereocenters. The number of benzene rings is 2. The number of amides is 1. The van der Waals surface area contributed by atoms with E-state index in [-0.39, 0.29) is 5.91 Å². The van der Waals surface area contributed by atoms with Gasteiger partial charge in [0.15, 0.2) is 0 Å². The van der Waals surface area contributed by atoms with Crippen LogP contribution in [0.15, 0.2) is 48.5 Å². The van der Waals surface area contributed by atoms with E-state index in [1.54, 1.807) is 7.11 Å². The molecular formula is C19H21NO3. The maximum absolute atomic E-state index is 12.3. The van der Waals surface area contributed by atoms with Gasteiger partial charge >= 0.3 is 0 Å². The minimum absolute atomic E-state index is 0.0180. The number of carbonyl (C=O) groups excluding carboxylic acids is 1. The van der Waals surface area contributed by atoms with Gasteiger partial charge in [-0.2, -0.15) is 0 Å². The Kier molecular flexibility index (Phi) is 4.81. The third-order valence-electron chi connectivity index (χ3n) is 3.86. The first-order valence-corrected chi connectivity index (χ1v) is 7.92. The van der Waals surface area contributed by atoms with Crippen LogP contribution >= 0.6 is 0 Å². The number of rotatable bonds is 7. The minimum atomic E-state index is 0.0180. The molecule has 0 unspecified atom stereocenters. The first-order chi connectivity index (χ1) is 11.3. The van der Waals surface area contributed by atoms with Gasteiger partial charge in [-0.15, -0.1) is 0 Å². The van der Waals surface area contributed by atoms with E-state index < -0.39 is 0 Å². The van der Waals surface area contributed by atoms with Crippen LogP contribution in [0.1, 0.15) is 28.8 Å². The number of methoxy groups -OCH3 is 1. The molecule has 120 valence electrons. The zero-order valence-electron chi connectivity index (χ0n) is 13.2. The zero-order valence-corrected chi connectivity index (χ0v) is 13.2. The molecule has 0 saturated heterocycles. The molecule has 1 amide bonds. The van der Waals surface area contributed by atoms with E-state index in [0.29, 0.717) is 19.1 Å². The fraction of sp³-hybridized carbons (Fsp3) is 0.316. The highest BCUT2D eigenvalue weighted by Crippen LogP contribution is 2.21. The van der Waals surface area contributed by atoms with Gasteiger partial charge in [0.25, 0.3) is 5.91 Å². The highest BCUT2D eigenvalue weighted by atomic mass is 16.5. The molecule has 0 spiro atoms. The van der Waals surface area contributed by atoms with Gasteiger partial charge in [-0.05, 0) is 36.6 Å². The first kappa shape index (κ1) is 15.4. The summed E-state index contributed by atoms with van der Waals surface area (Å²) < 4.78 is 10.9. The van der Waals surface area contributed by atoms with Gasteiger partial charge in [-0.1, -0.05) is 24.3 Å². The molecule has 0 bridgehead atoms. The molecule has 0 heterocycles. The fourth-order valence-electron chi connectivity index (χ4n) is 2.42. The molecule has 1 fully saturated rings.